The van der Waals surface area contributed by atoms with Crippen LogP contribution < -0.4 is 9.47 Å². The molecular weight excluding hydrogens is 362 g/mol. The smallest absolute Gasteiger partial charge is 0.137 e. The first kappa shape index (κ1) is 17.3. The molecule has 29 heavy (non-hydrogen) atoms. The number of fused-ring (bicyclic) bond motifs is 2. The van der Waals surface area contributed by atoms with Gasteiger partial charge >= 0.3 is 0 Å². The summed E-state index contributed by atoms with van der Waals surface area (Å²) in [7, 11) is 1.65. The van der Waals surface area contributed by atoms with Crippen LogP contribution in [0.25, 0.3) is 27.7 Å². The lowest BCUT2D eigenvalue weighted by Crippen LogP contribution is -2.00. The summed E-state index contributed by atoms with van der Waals surface area (Å²) in [5.41, 5.74) is 5.03. The average Bonchev–Trinajstić information content (AvgIpc) is 3.20. The molecule has 0 fully saturated rings. The van der Waals surface area contributed by atoms with Crippen molar-refractivity contribution in [2.24, 2.45) is 0 Å². The number of ether oxygens (including phenoxy) is 2. The van der Waals surface area contributed by atoms with E-state index in [1.54, 1.807) is 13.3 Å². The number of aromatic nitrogens is 3. The minimum atomic E-state index is 0.407. The fourth-order valence-corrected chi connectivity index (χ4v) is 3.45. The summed E-state index contributed by atoms with van der Waals surface area (Å²) in [5, 5.41) is 0.951. The van der Waals surface area contributed by atoms with Gasteiger partial charge in [-0.1, -0.05) is 30.3 Å². The molecule has 0 spiro atoms. The quantitative estimate of drug-likeness (QED) is 0.423. The van der Waals surface area contributed by atoms with Crippen molar-refractivity contribution >= 4 is 16.6 Å². The SMILES string of the molecule is COc1ccc2c(OCc3cnc4ccc(-c5ccccc5)cn34)ccnc2c1. The van der Waals surface area contributed by atoms with Crippen LogP contribution in [0.3, 0.4) is 0 Å². The molecule has 5 heteroatoms. The number of pyridine rings is 2. The first-order valence-electron chi connectivity index (χ1n) is 9.39. The maximum absolute atomic E-state index is 6.15. The van der Waals surface area contributed by atoms with E-state index in [0.29, 0.717) is 6.61 Å². The molecule has 0 aliphatic carbocycles. The lowest BCUT2D eigenvalue weighted by Gasteiger charge is -2.10. The Kier molecular flexibility index (Phi) is 4.33. The largest absolute Gasteiger partial charge is 0.497 e. The monoisotopic (exact) mass is 381 g/mol. The summed E-state index contributed by atoms with van der Waals surface area (Å²) in [4.78, 5) is 8.92. The molecule has 2 aromatic carbocycles. The standard InChI is InChI=1S/C24H19N3O2/c1-28-20-8-9-21-22(13-20)25-12-11-23(21)29-16-19-14-26-24-10-7-18(15-27(19)24)17-5-3-2-4-6-17/h2-15H,16H2,1H3. The van der Waals surface area contributed by atoms with Crippen molar-refractivity contribution in [3.8, 4) is 22.6 Å². The number of methoxy groups -OCH3 is 1. The van der Waals surface area contributed by atoms with Gasteiger partial charge in [-0.2, -0.15) is 0 Å². The molecule has 5 rings (SSSR count). The number of hydrogen-bond acceptors (Lipinski definition) is 4. The van der Waals surface area contributed by atoms with Gasteiger partial charge < -0.3 is 9.47 Å². The Morgan fingerprint density at radius 3 is 2.66 bits per heavy atom. The molecule has 0 radical (unpaired) electrons. The molecule has 0 atom stereocenters. The van der Waals surface area contributed by atoms with Gasteiger partial charge in [0.2, 0.25) is 0 Å². The van der Waals surface area contributed by atoms with Gasteiger partial charge in [-0.05, 0) is 41.5 Å². The van der Waals surface area contributed by atoms with Gasteiger partial charge in [-0.25, -0.2) is 4.98 Å². The van der Waals surface area contributed by atoms with Crippen LogP contribution in [-0.4, -0.2) is 21.5 Å². The highest BCUT2D eigenvalue weighted by atomic mass is 16.5. The number of imidazole rings is 1. The molecule has 0 aliphatic heterocycles. The predicted molar refractivity (Wildman–Crippen MR) is 113 cm³/mol. The van der Waals surface area contributed by atoms with Gasteiger partial charge in [0.25, 0.3) is 0 Å². The van der Waals surface area contributed by atoms with E-state index >= 15 is 0 Å². The van der Waals surface area contributed by atoms with E-state index in [1.807, 2.05) is 54.7 Å². The molecule has 3 heterocycles. The van der Waals surface area contributed by atoms with E-state index in [2.05, 4.69) is 38.8 Å². The Labute approximate surface area is 168 Å². The van der Waals surface area contributed by atoms with Crippen LogP contribution in [0.5, 0.6) is 11.5 Å². The summed E-state index contributed by atoms with van der Waals surface area (Å²) < 4.78 is 13.5. The van der Waals surface area contributed by atoms with Crippen LogP contribution in [0, 0.1) is 0 Å². The number of rotatable bonds is 5. The fourth-order valence-electron chi connectivity index (χ4n) is 3.45. The van der Waals surface area contributed by atoms with Gasteiger partial charge in [0.05, 0.1) is 24.5 Å². The highest BCUT2D eigenvalue weighted by molar-refractivity contribution is 5.85. The van der Waals surface area contributed by atoms with Crippen molar-refractivity contribution in [2.45, 2.75) is 6.61 Å². The van der Waals surface area contributed by atoms with Crippen LogP contribution in [0.2, 0.25) is 0 Å². The van der Waals surface area contributed by atoms with Gasteiger partial charge in [0, 0.05) is 23.8 Å². The normalized spacial score (nSPS) is 11.1. The zero-order chi connectivity index (χ0) is 19.6. The third-order valence-corrected chi connectivity index (χ3v) is 4.97. The molecule has 0 bridgehead atoms. The van der Waals surface area contributed by atoms with Crippen molar-refractivity contribution in [2.75, 3.05) is 7.11 Å². The minimum absolute atomic E-state index is 0.407. The number of benzene rings is 2. The Morgan fingerprint density at radius 1 is 0.897 bits per heavy atom. The van der Waals surface area contributed by atoms with Gasteiger partial charge in [0.1, 0.15) is 23.8 Å². The lowest BCUT2D eigenvalue weighted by molar-refractivity contribution is 0.304. The van der Waals surface area contributed by atoms with E-state index in [0.717, 1.165) is 39.3 Å². The van der Waals surface area contributed by atoms with Crippen molar-refractivity contribution in [1.82, 2.24) is 14.4 Å². The molecule has 142 valence electrons. The lowest BCUT2D eigenvalue weighted by atomic mass is 10.1. The molecule has 0 saturated carbocycles. The maximum Gasteiger partial charge on any atom is 0.137 e. The highest BCUT2D eigenvalue weighted by Crippen LogP contribution is 2.28. The molecule has 0 aliphatic rings. The molecule has 5 nitrogen and oxygen atoms in total. The van der Waals surface area contributed by atoms with Crippen LogP contribution in [0.15, 0.2) is 85.3 Å². The summed E-state index contributed by atoms with van der Waals surface area (Å²) in [6.45, 7) is 0.407. The Hall–Kier alpha value is -3.86. The predicted octanol–water partition coefficient (Wildman–Crippen LogP) is 5.14. The first-order valence-corrected chi connectivity index (χ1v) is 9.39. The molecule has 5 aromatic rings. The van der Waals surface area contributed by atoms with Crippen molar-refractivity contribution in [3.63, 3.8) is 0 Å². The van der Waals surface area contributed by atoms with E-state index in [4.69, 9.17) is 9.47 Å². The molecule has 0 unspecified atom stereocenters. The van der Waals surface area contributed by atoms with Gasteiger partial charge in [-0.3, -0.25) is 9.38 Å². The molecule has 0 amide bonds. The molecule has 0 saturated heterocycles. The third kappa shape index (κ3) is 3.27. The number of nitrogens with zero attached hydrogens (tertiary/aromatic N) is 3. The Bertz CT molecular complexity index is 1300. The summed E-state index contributed by atoms with van der Waals surface area (Å²) in [6.07, 6.45) is 5.71. The first-order chi connectivity index (χ1) is 14.3. The van der Waals surface area contributed by atoms with E-state index < -0.39 is 0 Å². The zero-order valence-corrected chi connectivity index (χ0v) is 15.9. The number of hydrogen-bond donors (Lipinski definition) is 0. The topological polar surface area (TPSA) is 48.7 Å². The second-order valence-corrected chi connectivity index (χ2v) is 6.74. The highest BCUT2D eigenvalue weighted by Gasteiger charge is 2.09. The van der Waals surface area contributed by atoms with Crippen LogP contribution in [-0.2, 0) is 6.61 Å². The zero-order valence-electron chi connectivity index (χ0n) is 15.9. The van der Waals surface area contributed by atoms with E-state index in [-0.39, 0.29) is 0 Å². The van der Waals surface area contributed by atoms with Crippen molar-refractivity contribution in [3.05, 3.63) is 91.0 Å². The van der Waals surface area contributed by atoms with Crippen LogP contribution >= 0.6 is 0 Å². The van der Waals surface area contributed by atoms with Crippen molar-refractivity contribution in [1.29, 1.82) is 0 Å². The fraction of sp³-hybridized carbons (Fsp3) is 0.0833. The second-order valence-electron chi connectivity index (χ2n) is 6.74. The van der Waals surface area contributed by atoms with Crippen molar-refractivity contribution < 1.29 is 9.47 Å². The molecule has 0 N–H and O–H groups in total. The van der Waals surface area contributed by atoms with Gasteiger partial charge in [-0.15, -0.1) is 0 Å². The minimum Gasteiger partial charge on any atom is -0.497 e. The van der Waals surface area contributed by atoms with Gasteiger partial charge in [0.15, 0.2) is 0 Å². The Morgan fingerprint density at radius 2 is 1.79 bits per heavy atom. The average molecular weight is 381 g/mol. The van der Waals surface area contributed by atoms with E-state index in [9.17, 15) is 0 Å². The second kappa shape index (κ2) is 7.28. The molecular formula is C24H19N3O2. The molecule has 3 aromatic heterocycles. The van der Waals surface area contributed by atoms with Crippen LogP contribution in [0.4, 0.5) is 0 Å². The Balaban J connectivity index is 1.46. The summed E-state index contributed by atoms with van der Waals surface area (Å²) in [5.74, 6) is 1.56. The third-order valence-electron chi connectivity index (χ3n) is 4.97. The van der Waals surface area contributed by atoms with E-state index in [1.165, 1.54) is 5.56 Å². The summed E-state index contributed by atoms with van der Waals surface area (Å²) >= 11 is 0. The summed E-state index contributed by atoms with van der Waals surface area (Å²) in [6, 6.07) is 22.1. The maximum atomic E-state index is 6.15. The van der Waals surface area contributed by atoms with Crippen LogP contribution in [0.1, 0.15) is 5.69 Å².